The van der Waals surface area contributed by atoms with E-state index in [2.05, 4.69) is 0 Å². The minimum atomic E-state index is -1.06. The lowest BCUT2D eigenvalue weighted by Gasteiger charge is -2.28. The van der Waals surface area contributed by atoms with Crippen molar-refractivity contribution in [3.63, 3.8) is 0 Å². The zero-order valence-electron chi connectivity index (χ0n) is 12.5. The molecule has 2 aromatic carbocycles. The molecule has 0 N–H and O–H groups in total. The summed E-state index contributed by atoms with van der Waals surface area (Å²) in [5.41, 5.74) is 1.28. The summed E-state index contributed by atoms with van der Waals surface area (Å²) in [4.78, 5) is 27.1. The van der Waals surface area contributed by atoms with Crippen LogP contribution < -0.4 is 4.90 Å². The van der Waals surface area contributed by atoms with E-state index in [0.717, 1.165) is 11.3 Å². The fraction of sp³-hybridized carbons (Fsp3) is 0.222. The van der Waals surface area contributed by atoms with Gasteiger partial charge in [0.2, 0.25) is 5.91 Å². The van der Waals surface area contributed by atoms with Crippen LogP contribution in [-0.4, -0.2) is 11.7 Å². The van der Waals surface area contributed by atoms with Gasteiger partial charge >= 0.3 is 0 Å². The van der Waals surface area contributed by atoms with Crippen LogP contribution in [0.4, 0.5) is 11.4 Å². The lowest BCUT2D eigenvalue weighted by Crippen LogP contribution is -2.41. The average molecular weight is 314 g/mol. The molecule has 22 heavy (non-hydrogen) atoms. The topological polar surface area (TPSA) is 37.4 Å². The van der Waals surface area contributed by atoms with Gasteiger partial charge in [-0.15, -0.1) is 0 Å². The number of ketones is 1. The van der Waals surface area contributed by atoms with E-state index in [1.165, 1.54) is 0 Å². The number of rotatable bonds is 1. The van der Waals surface area contributed by atoms with Crippen LogP contribution in [0.2, 0.25) is 5.02 Å². The minimum Gasteiger partial charge on any atom is -0.298 e. The minimum absolute atomic E-state index is 0.0681. The first-order valence-corrected chi connectivity index (χ1v) is 7.50. The molecule has 1 amide bonds. The Labute approximate surface area is 134 Å². The number of carbonyl (C=O) groups excluding carboxylic acids is 2. The molecule has 0 saturated heterocycles. The van der Waals surface area contributed by atoms with Crippen molar-refractivity contribution >= 4 is 34.7 Å². The summed E-state index contributed by atoms with van der Waals surface area (Å²) in [5.74, 6) is -0.286. The Morgan fingerprint density at radius 2 is 1.64 bits per heavy atom. The van der Waals surface area contributed by atoms with Crippen LogP contribution in [0, 0.1) is 5.41 Å². The van der Waals surface area contributed by atoms with Crippen molar-refractivity contribution in [1.29, 1.82) is 0 Å². The second-order valence-corrected chi connectivity index (χ2v) is 6.41. The van der Waals surface area contributed by atoms with Gasteiger partial charge in [-0.25, -0.2) is 0 Å². The summed E-state index contributed by atoms with van der Waals surface area (Å²) < 4.78 is 0. The molecule has 0 radical (unpaired) electrons. The highest BCUT2D eigenvalue weighted by Gasteiger charge is 2.43. The van der Waals surface area contributed by atoms with E-state index in [0.29, 0.717) is 10.7 Å². The van der Waals surface area contributed by atoms with Crippen molar-refractivity contribution in [3.05, 3.63) is 59.1 Å². The lowest BCUT2D eigenvalue weighted by atomic mass is 9.85. The van der Waals surface area contributed by atoms with Crippen molar-refractivity contribution in [1.82, 2.24) is 0 Å². The molecule has 112 valence electrons. The number of hydrogen-bond donors (Lipinski definition) is 0. The highest BCUT2D eigenvalue weighted by Crippen LogP contribution is 2.38. The van der Waals surface area contributed by atoms with Gasteiger partial charge in [-0.05, 0) is 49.7 Å². The third-order valence-electron chi connectivity index (χ3n) is 4.10. The monoisotopic (exact) mass is 313 g/mol. The number of nitrogens with zero attached hydrogens (tertiary/aromatic N) is 1. The zero-order valence-corrected chi connectivity index (χ0v) is 13.2. The maximum Gasteiger partial charge on any atom is 0.244 e. The molecule has 3 nitrogen and oxygen atoms in total. The molecule has 0 aromatic heterocycles. The number of benzene rings is 2. The van der Waals surface area contributed by atoms with E-state index in [9.17, 15) is 9.59 Å². The molecule has 0 atom stereocenters. The molecule has 0 spiro atoms. The average Bonchev–Trinajstić information content (AvgIpc) is 2.57. The molecule has 0 unspecified atom stereocenters. The Balaban J connectivity index is 2.22. The van der Waals surface area contributed by atoms with Gasteiger partial charge in [-0.2, -0.15) is 0 Å². The van der Waals surface area contributed by atoms with Gasteiger partial charge in [0.25, 0.3) is 0 Å². The van der Waals surface area contributed by atoms with E-state index in [1.54, 1.807) is 43.0 Å². The molecule has 4 heteroatoms. The van der Waals surface area contributed by atoms with Gasteiger partial charge in [0.05, 0.1) is 5.69 Å². The van der Waals surface area contributed by atoms with Crippen molar-refractivity contribution in [2.45, 2.75) is 20.3 Å². The van der Waals surface area contributed by atoms with Crippen molar-refractivity contribution in [3.8, 4) is 0 Å². The number of halogens is 1. The van der Waals surface area contributed by atoms with Crippen LogP contribution in [0.15, 0.2) is 48.5 Å². The number of fused-ring (bicyclic) bond motifs is 1. The molecule has 1 aliphatic heterocycles. The lowest BCUT2D eigenvalue weighted by molar-refractivity contribution is -0.137. The van der Waals surface area contributed by atoms with Gasteiger partial charge in [0.15, 0.2) is 5.78 Å². The molecular weight excluding hydrogens is 298 g/mol. The third-order valence-corrected chi connectivity index (χ3v) is 4.36. The van der Waals surface area contributed by atoms with Gasteiger partial charge < -0.3 is 0 Å². The standard InChI is InChI=1S/C18H16ClNO2/c1-18(2)16(21)11-12-5-3-4-6-15(12)20(17(18)22)14-9-7-13(19)8-10-14/h3-10H,11H2,1-2H3. The normalized spacial score (nSPS) is 17.1. The highest BCUT2D eigenvalue weighted by molar-refractivity contribution is 6.30. The SMILES string of the molecule is CC1(C)C(=O)Cc2ccccc2N(c2ccc(Cl)cc2)C1=O. The molecule has 0 bridgehead atoms. The first kappa shape index (κ1) is 14.8. The predicted octanol–water partition coefficient (Wildman–Crippen LogP) is 4.16. The molecule has 0 saturated carbocycles. The van der Waals surface area contributed by atoms with Gasteiger partial charge in [0.1, 0.15) is 5.41 Å². The Kier molecular flexibility index (Phi) is 3.53. The molecule has 0 fully saturated rings. The van der Waals surface area contributed by atoms with E-state index >= 15 is 0 Å². The third kappa shape index (κ3) is 2.32. The fourth-order valence-corrected chi connectivity index (χ4v) is 2.75. The van der Waals surface area contributed by atoms with E-state index in [1.807, 2.05) is 24.3 Å². The number of Topliss-reactive ketones (excluding diaryl/α,β-unsaturated/α-hetero) is 1. The Morgan fingerprint density at radius 1 is 1.00 bits per heavy atom. The summed E-state index contributed by atoms with van der Waals surface area (Å²) in [6.45, 7) is 3.37. The van der Waals surface area contributed by atoms with Gasteiger partial charge in [0, 0.05) is 17.1 Å². The first-order valence-electron chi connectivity index (χ1n) is 7.12. The Morgan fingerprint density at radius 3 is 2.32 bits per heavy atom. The van der Waals surface area contributed by atoms with E-state index in [4.69, 9.17) is 11.6 Å². The number of carbonyl (C=O) groups is 2. The molecule has 1 heterocycles. The highest BCUT2D eigenvalue weighted by atomic mass is 35.5. The van der Waals surface area contributed by atoms with Crippen LogP contribution in [0.25, 0.3) is 0 Å². The van der Waals surface area contributed by atoms with Crippen LogP contribution in [0.3, 0.4) is 0 Å². The van der Waals surface area contributed by atoms with Gasteiger partial charge in [-0.1, -0.05) is 29.8 Å². The Hall–Kier alpha value is -2.13. The maximum atomic E-state index is 13.0. The summed E-state index contributed by atoms with van der Waals surface area (Å²) >= 11 is 5.94. The smallest absolute Gasteiger partial charge is 0.244 e. The Bertz CT molecular complexity index is 750. The zero-order chi connectivity index (χ0) is 15.9. The molecule has 2 aromatic rings. The number of anilines is 2. The molecular formula is C18H16ClNO2. The van der Waals surface area contributed by atoms with Gasteiger partial charge in [-0.3, -0.25) is 14.5 Å². The van der Waals surface area contributed by atoms with Crippen molar-refractivity contribution in [2.24, 2.45) is 5.41 Å². The fourth-order valence-electron chi connectivity index (χ4n) is 2.63. The predicted molar refractivity (Wildman–Crippen MR) is 87.5 cm³/mol. The van der Waals surface area contributed by atoms with Crippen LogP contribution in [0.1, 0.15) is 19.4 Å². The number of hydrogen-bond acceptors (Lipinski definition) is 2. The summed E-state index contributed by atoms with van der Waals surface area (Å²) in [6.07, 6.45) is 0.263. The largest absolute Gasteiger partial charge is 0.298 e. The summed E-state index contributed by atoms with van der Waals surface area (Å²) in [5, 5.41) is 0.606. The van der Waals surface area contributed by atoms with E-state index < -0.39 is 5.41 Å². The summed E-state index contributed by atoms with van der Waals surface area (Å²) in [7, 11) is 0. The van der Waals surface area contributed by atoms with Crippen molar-refractivity contribution < 1.29 is 9.59 Å². The first-order chi connectivity index (χ1) is 10.4. The molecule has 3 rings (SSSR count). The van der Waals surface area contributed by atoms with E-state index in [-0.39, 0.29) is 18.1 Å². The second kappa shape index (κ2) is 5.25. The maximum absolute atomic E-state index is 13.0. The van der Waals surface area contributed by atoms with Crippen LogP contribution in [0.5, 0.6) is 0 Å². The van der Waals surface area contributed by atoms with Crippen molar-refractivity contribution in [2.75, 3.05) is 4.90 Å². The van der Waals surface area contributed by atoms with Crippen LogP contribution >= 0.6 is 11.6 Å². The summed E-state index contributed by atoms with van der Waals surface area (Å²) in [6, 6.07) is 14.6. The molecule has 0 aliphatic carbocycles. The quantitative estimate of drug-likeness (QED) is 0.741. The number of amides is 1. The van der Waals surface area contributed by atoms with Crippen LogP contribution in [-0.2, 0) is 16.0 Å². The second-order valence-electron chi connectivity index (χ2n) is 5.97. The molecule has 1 aliphatic rings. The number of para-hydroxylation sites is 1.